The number of rotatable bonds is 63. The first-order chi connectivity index (χ1) is 42.9. The van der Waals surface area contributed by atoms with Gasteiger partial charge in [-0.1, -0.05) is 289 Å². The van der Waals surface area contributed by atoms with E-state index in [-0.39, 0.29) is 24.9 Å². The highest BCUT2D eigenvalue weighted by molar-refractivity contribution is 7.45. The van der Waals surface area contributed by atoms with Gasteiger partial charge in [0.15, 0.2) is 0 Å². The third-order valence-corrected chi connectivity index (χ3v) is 16.0. The molecular weight excluding hydrogens is 1110 g/mol. The van der Waals surface area contributed by atoms with Crippen molar-refractivity contribution < 1.29 is 37.3 Å². The van der Waals surface area contributed by atoms with Gasteiger partial charge in [-0.2, -0.15) is 0 Å². The Morgan fingerprint density at radius 2 is 0.727 bits per heavy atom. The van der Waals surface area contributed by atoms with Crippen LogP contribution in [0.1, 0.15) is 284 Å². The SMILES string of the molecule is CC/C=C\C/C=C\C/C=C\C/C=C\C/C=C\C/C=C\CCCCCCCCCCC(=O)NC(COP(=O)([O-])OCC[N+](C)(C)C)C(/C=C\CCCCCCCCCCCC)OC(=O)CCCCCCCCC/C=C\C/C=C\C/C=C\C/C=C\C/C=C\CC. The Morgan fingerprint density at radius 1 is 0.409 bits per heavy atom. The van der Waals surface area contributed by atoms with Gasteiger partial charge in [-0.05, 0) is 128 Å². The van der Waals surface area contributed by atoms with E-state index < -0.39 is 26.6 Å². The molecule has 502 valence electrons. The number of ether oxygens (including phenoxy) is 1. The normalized spacial score (nSPS) is 14.4. The molecule has 9 nitrogen and oxygen atoms in total. The number of likely N-dealkylation sites (N-methyl/N-ethyl adjacent to an activating group) is 1. The summed E-state index contributed by atoms with van der Waals surface area (Å²) in [5.74, 6) is -0.570. The van der Waals surface area contributed by atoms with Crippen LogP contribution < -0.4 is 10.2 Å². The highest BCUT2D eigenvalue weighted by Gasteiger charge is 2.27. The van der Waals surface area contributed by atoms with Crippen molar-refractivity contribution in [1.82, 2.24) is 5.32 Å². The second-order valence-electron chi connectivity index (χ2n) is 24.6. The zero-order valence-electron chi connectivity index (χ0n) is 57.4. The van der Waals surface area contributed by atoms with Gasteiger partial charge in [-0.3, -0.25) is 14.2 Å². The average molecular weight is 1240 g/mol. The fourth-order valence-electron chi connectivity index (χ4n) is 9.61. The molecule has 0 spiro atoms. The van der Waals surface area contributed by atoms with Crippen LogP contribution in [0.2, 0.25) is 0 Å². The Hall–Kier alpha value is -4.11. The van der Waals surface area contributed by atoms with E-state index in [1.807, 2.05) is 33.3 Å². The van der Waals surface area contributed by atoms with Crippen LogP contribution in [0.4, 0.5) is 0 Å². The Morgan fingerprint density at radius 3 is 1.09 bits per heavy atom. The maximum Gasteiger partial charge on any atom is 0.306 e. The summed E-state index contributed by atoms with van der Waals surface area (Å²) in [5.41, 5.74) is 0. The minimum atomic E-state index is -4.72. The number of carbonyl (C=O) groups excluding carboxylic acids is 2. The molecule has 0 aliphatic carbocycles. The maximum atomic E-state index is 13.6. The molecule has 0 radical (unpaired) electrons. The number of esters is 1. The summed E-state index contributed by atoms with van der Waals surface area (Å²) in [4.78, 5) is 40.2. The second-order valence-corrected chi connectivity index (χ2v) is 26.0. The monoisotopic (exact) mass is 1240 g/mol. The Labute approximate surface area is 542 Å². The number of phosphoric acid groups is 1. The van der Waals surface area contributed by atoms with Crippen LogP contribution in [-0.2, 0) is 27.9 Å². The van der Waals surface area contributed by atoms with Gasteiger partial charge in [0.25, 0.3) is 7.82 Å². The van der Waals surface area contributed by atoms with E-state index in [2.05, 4.69) is 160 Å². The lowest BCUT2D eigenvalue weighted by Gasteiger charge is -2.30. The third kappa shape index (κ3) is 66.3. The predicted octanol–water partition coefficient (Wildman–Crippen LogP) is 22.3. The second kappa shape index (κ2) is 65.8. The number of amides is 1. The first-order valence-electron chi connectivity index (χ1n) is 35.6. The van der Waals surface area contributed by atoms with E-state index in [1.54, 1.807) is 0 Å². The molecule has 0 saturated heterocycles. The summed E-state index contributed by atoms with van der Waals surface area (Å²) < 4.78 is 30.4. The van der Waals surface area contributed by atoms with E-state index in [0.29, 0.717) is 23.9 Å². The number of hydrogen-bond donors (Lipinski definition) is 1. The van der Waals surface area contributed by atoms with E-state index in [1.165, 1.54) is 96.3 Å². The quantitative estimate of drug-likeness (QED) is 0.0212. The molecule has 10 heteroatoms. The molecule has 1 amide bonds. The van der Waals surface area contributed by atoms with Crippen LogP contribution in [0.3, 0.4) is 0 Å². The highest BCUT2D eigenvalue weighted by atomic mass is 31.2. The molecule has 0 heterocycles. The number of quaternary nitrogens is 1. The zero-order valence-corrected chi connectivity index (χ0v) is 58.3. The van der Waals surface area contributed by atoms with Gasteiger partial charge in [0.2, 0.25) is 5.91 Å². The van der Waals surface area contributed by atoms with Gasteiger partial charge in [0.05, 0.1) is 33.8 Å². The van der Waals surface area contributed by atoms with Crippen molar-refractivity contribution in [2.24, 2.45) is 0 Å². The van der Waals surface area contributed by atoms with E-state index >= 15 is 0 Å². The number of hydrogen-bond acceptors (Lipinski definition) is 7. The van der Waals surface area contributed by atoms with Crippen molar-refractivity contribution >= 4 is 19.7 Å². The van der Waals surface area contributed by atoms with Crippen LogP contribution >= 0.6 is 7.82 Å². The molecule has 1 N–H and O–H groups in total. The predicted molar refractivity (Wildman–Crippen MR) is 380 cm³/mol. The molecule has 3 atom stereocenters. The smallest absolute Gasteiger partial charge is 0.306 e. The number of phosphoric ester groups is 1. The molecule has 0 fully saturated rings. The van der Waals surface area contributed by atoms with Crippen LogP contribution in [0, 0.1) is 0 Å². The first kappa shape index (κ1) is 83.9. The Kier molecular flexibility index (Phi) is 62.8. The lowest BCUT2D eigenvalue weighted by Crippen LogP contribution is -2.47. The van der Waals surface area contributed by atoms with Gasteiger partial charge in [-0.15, -0.1) is 0 Å². The van der Waals surface area contributed by atoms with Gasteiger partial charge < -0.3 is 28.5 Å². The van der Waals surface area contributed by atoms with E-state index in [9.17, 15) is 19.0 Å². The summed E-state index contributed by atoms with van der Waals surface area (Å²) in [6, 6.07) is -0.910. The molecule has 0 aliphatic heterocycles. The topological polar surface area (TPSA) is 114 Å². The van der Waals surface area contributed by atoms with Gasteiger partial charge in [0, 0.05) is 12.8 Å². The lowest BCUT2D eigenvalue weighted by atomic mass is 10.0. The standard InChI is InChI=1S/C78H133N2O7P/c1-7-10-13-16-19-22-25-28-30-32-34-36-38-39-40-41-43-44-46-48-50-52-55-58-61-64-67-70-77(81)79-75(74-86-88(83,84)85-73-72-80(4,5)6)76(69-66-63-60-57-54-27-24-21-18-15-12-9-3)87-78(82)71-68-65-62-59-56-53-51-49-47-45-42-37-35-33-31-29-26-23-20-17-14-11-8-2/h10-11,13-14,19-20,22-23,28-31,34-37,39-40,43-45,47,66,69,75-76H,7-9,12,15-18,21,24-27,32-33,38,41-42,46,48-65,67-68,70-74H2,1-6H3,(H-,79,81,83,84)/b13-10-,14-11-,22-19-,23-20-,30-28-,31-29-,36-34-,37-35-,40-39-,44-43-,47-45-,69-66-. The summed E-state index contributed by atoms with van der Waals surface area (Å²) in [6.45, 7) is 6.60. The van der Waals surface area contributed by atoms with Crippen molar-refractivity contribution in [3.63, 3.8) is 0 Å². The van der Waals surface area contributed by atoms with Gasteiger partial charge in [-0.25, -0.2) is 0 Å². The Bertz CT molecular complexity index is 2020. The summed E-state index contributed by atoms with van der Waals surface area (Å²) in [5, 5.41) is 3.03. The number of unbranched alkanes of at least 4 members (excludes halogenated alkanes) is 25. The van der Waals surface area contributed by atoms with Crippen molar-refractivity contribution in [1.29, 1.82) is 0 Å². The molecule has 3 unspecified atom stereocenters. The lowest BCUT2D eigenvalue weighted by molar-refractivity contribution is -0.870. The van der Waals surface area contributed by atoms with Crippen LogP contribution in [0.25, 0.3) is 0 Å². The fraction of sp³-hybridized carbons (Fsp3) is 0.667. The van der Waals surface area contributed by atoms with Crippen molar-refractivity contribution in [2.45, 2.75) is 296 Å². The number of nitrogens with one attached hydrogen (secondary N) is 1. The summed E-state index contributed by atoms with van der Waals surface area (Å²) in [7, 11) is 1.15. The molecule has 0 rings (SSSR count). The Balaban J connectivity index is 5.13. The highest BCUT2D eigenvalue weighted by Crippen LogP contribution is 2.38. The third-order valence-electron chi connectivity index (χ3n) is 15.0. The molecule has 0 saturated carbocycles. The minimum absolute atomic E-state index is 0.0338. The van der Waals surface area contributed by atoms with Gasteiger partial charge >= 0.3 is 5.97 Å². The fourth-order valence-corrected chi connectivity index (χ4v) is 10.3. The number of allylic oxidation sites excluding steroid dienone is 23. The zero-order chi connectivity index (χ0) is 64.2. The average Bonchev–Trinajstić information content (AvgIpc) is 3.66. The molecule has 0 aromatic heterocycles. The van der Waals surface area contributed by atoms with Crippen LogP contribution in [0.15, 0.2) is 146 Å². The summed E-state index contributed by atoms with van der Waals surface area (Å²) in [6.07, 6.45) is 95.3. The molecule has 0 aliphatic rings. The molecule has 0 aromatic carbocycles. The van der Waals surface area contributed by atoms with E-state index in [0.717, 1.165) is 148 Å². The molecule has 0 bridgehead atoms. The van der Waals surface area contributed by atoms with Crippen LogP contribution in [0.5, 0.6) is 0 Å². The van der Waals surface area contributed by atoms with Gasteiger partial charge in [0.1, 0.15) is 19.3 Å². The molecular formula is C78H133N2O7P. The molecule has 88 heavy (non-hydrogen) atoms. The number of nitrogens with zero attached hydrogens (tertiary/aromatic N) is 1. The van der Waals surface area contributed by atoms with E-state index in [4.69, 9.17) is 13.8 Å². The number of carbonyl (C=O) groups is 2. The maximum absolute atomic E-state index is 13.6. The first-order valence-corrected chi connectivity index (χ1v) is 37.1. The molecule has 0 aromatic rings. The summed E-state index contributed by atoms with van der Waals surface area (Å²) >= 11 is 0. The van der Waals surface area contributed by atoms with Crippen LogP contribution in [-0.4, -0.2) is 69.4 Å². The van der Waals surface area contributed by atoms with Crippen molar-refractivity contribution in [2.75, 3.05) is 40.9 Å². The van der Waals surface area contributed by atoms with Crippen molar-refractivity contribution in [3.8, 4) is 0 Å². The largest absolute Gasteiger partial charge is 0.756 e. The van der Waals surface area contributed by atoms with Crippen molar-refractivity contribution in [3.05, 3.63) is 146 Å². The minimum Gasteiger partial charge on any atom is -0.756 e.